The smallest absolute Gasteiger partial charge is 0.126 e. The molecule has 0 saturated heterocycles. The molecule has 0 fully saturated rings. The van der Waals surface area contributed by atoms with E-state index >= 15 is 0 Å². The summed E-state index contributed by atoms with van der Waals surface area (Å²) in [6.07, 6.45) is 0. The van der Waals surface area contributed by atoms with Crippen LogP contribution in [0.4, 0.5) is 20.2 Å². The standard InChI is InChI=1S/C16H18F2N2/c1-11-6-15(20(2)3)4-5-16(11)19-10-12-7-13(17)9-14(18)8-12/h4-9,19H,10H2,1-3H3. The van der Waals surface area contributed by atoms with E-state index in [9.17, 15) is 8.78 Å². The van der Waals surface area contributed by atoms with Gasteiger partial charge < -0.3 is 10.2 Å². The highest BCUT2D eigenvalue weighted by atomic mass is 19.1. The zero-order valence-electron chi connectivity index (χ0n) is 11.9. The van der Waals surface area contributed by atoms with Crippen molar-refractivity contribution >= 4 is 11.4 Å². The van der Waals surface area contributed by atoms with E-state index in [-0.39, 0.29) is 0 Å². The summed E-state index contributed by atoms with van der Waals surface area (Å²) in [5.41, 5.74) is 3.75. The van der Waals surface area contributed by atoms with Crippen molar-refractivity contribution in [3.8, 4) is 0 Å². The van der Waals surface area contributed by atoms with E-state index in [1.54, 1.807) is 0 Å². The van der Waals surface area contributed by atoms with E-state index < -0.39 is 11.6 Å². The van der Waals surface area contributed by atoms with E-state index in [0.29, 0.717) is 12.1 Å². The Labute approximate surface area is 118 Å². The molecule has 2 nitrogen and oxygen atoms in total. The molecular formula is C16H18F2N2. The molecule has 0 spiro atoms. The molecular weight excluding hydrogens is 258 g/mol. The molecule has 106 valence electrons. The lowest BCUT2D eigenvalue weighted by Crippen LogP contribution is -2.09. The minimum absolute atomic E-state index is 0.386. The van der Waals surface area contributed by atoms with Gasteiger partial charge in [-0.05, 0) is 48.4 Å². The van der Waals surface area contributed by atoms with Crippen molar-refractivity contribution in [1.29, 1.82) is 0 Å². The number of aryl methyl sites for hydroxylation is 1. The van der Waals surface area contributed by atoms with Crippen molar-refractivity contribution < 1.29 is 8.78 Å². The Balaban J connectivity index is 2.11. The second kappa shape index (κ2) is 5.90. The Morgan fingerprint density at radius 3 is 2.20 bits per heavy atom. The molecule has 0 heterocycles. The van der Waals surface area contributed by atoms with Gasteiger partial charge in [-0.1, -0.05) is 0 Å². The van der Waals surface area contributed by atoms with Gasteiger partial charge in [-0.25, -0.2) is 8.78 Å². The molecule has 4 heteroatoms. The molecule has 0 radical (unpaired) electrons. The summed E-state index contributed by atoms with van der Waals surface area (Å²) in [7, 11) is 3.97. The first-order valence-corrected chi connectivity index (χ1v) is 6.42. The summed E-state index contributed by atoms with van der Waals surface area (Å²) in [5.74, 6) is -1.11. The Kier molecular flexibility index (Phi) is 4.23. The first-order valence-electron chi connectivity index (χ1n) is 6.42. The molecule has 1 N–H and O–H groups in total. The van der Waals surface area contributed by atoms with E-state index in [1.165, 1.54) is 12.1 Å². The number of hydrogen-bond acceptors (Lipinski definition) is 2. The van der Waals surface area contributed by atoms with E-state index in [1.807, 2.05) is 38.1 Å². The van der Waals surface area contributed by atoms with Crippen LogP contribution in [0.5, 0.6) is 0 Å². The van der Waals surface area contributed by atoms with Crippen LogP contribution in [0, 0.1) is 18.6 Å². The zero-order chi connectivity index (χ0) is 14.7. The molecule has 20 heavy (non-hydrogen) atoms. The maximum Gasteiger partial charge on any atom is 0.126 e. The van der Waals surface area contributed by atoms with Gasteiger partial charge in [0.2, 0.25) is 0 Å². The van der Waals surface area contributed by atoms with E-state index in [4.69, 9.17) is 0 Å². The highest BCUT2D eigenvalue weighted by Crippen LogP contribution is 2.22. The summed E-state index contributed by atoms with van der Waals surface area (Å²) in [5, 5.41) is 3.20. The van der Waals surface area contributed by atoms with Gasteiger partial charge >= 0.3 is 0 Å². The topological polar surface area (TPSA) is 15.3 Å². The van der Waals surface area contributed by atoms with Crippen molar-refractivity contribution in [1.82, 2.24) is 0 Å². The highest BCUT2D eigenvalue weighted by Gasteiger charge is 2.04. The number of anilines is 2. The monoisotopic (exact) mass is 276 g/mol. The number of hydrogen-bond donors (Lipinski definition) is 1. The molecule has 2 rings (SSSR count). The normalized spacial score (nSPS) is 10.4. The number of nitrogens with one attached hydrogen (secondary N) is 1. The molecule has 0 unspecified atom stereocenters. The molecule has 2 aromatic carbocycles. The van der Waals surface area contributed by atoms with Gasteiger partial charge in [0.05, 0.1) is 0 Å². The van der Waals surface area contributed by atoms with Crippen LogP contribution in [0.1, 0.15) is 11.1 Å². The minimum atomic E-state index is -0.554. The lowest BCUT2D eigenvalue weighted by Gasteiger charge is -2.16. The molecule has 0 aromatic heterocycles. The van der Waals surface area contributed by atoms with Gasteiger partial charge in [-0.3, -0.25) is 0 Å². The summed E-state index contributed by atoms with van der Waals surface area (Å²) < 4.78 is 26.2. The average Bonchev–Trinajstić information content (AvgIpc) is 2.36. The molecule has 0 aliphatic rings. The molecule has 0 aliphatic heterocycles. The summed E-state index contributed by atoms with van der Waals surface area (Å²) >= 11 is 0. The first kappa shape index (κ1) is 14.3. The summed E-state index contributed by atoms with van der Waals surface area (Å²) in [6.45, 7) is 2.39. The SMILES string of the molecule is Cc1cc(N(C)C)ccc1NCc1cc(F)cc(F)c1. The van der Waals surface area contributed by atoms with Gasteiger partial charge in [0.25, 0.3) is 0 Å². The third kappa shape index (κ3) is 3.47. The van der Waals surface area contributed by atoms with Crippen LogP contribution in [-0.2, 0) is 6.54 Å². The van der Waals surface area contributed by atoms with Gasteiger partial charge in [-0.2, -0.15) is 0 Å². The summed E-state index contributed by atoms with van der Waals surface area (Å²) in [6, 6.07) is 9.58. The van der Waals surface area contributed by atoms with Crippen molar-refractivity contribution in [3.05, 3.63) is 59.2 Å². The lowest BCUT2D eigenvalue weighted by molar-refractivity contribution is 0.580. The first-order chi connectivity index (χ1) is 9.45. The van der Waals surface area contributed by atoms with Crippen LogP contribution < -0.4 is 10.2 Å². The van der Waals surface area contributed by atoms with E-state index in [2.05, 4.69) is 11.4 Å². The zero-order valence-corrected chi connectivity index (χ0v) is 11.9. The maximum absolute atomic E-state index is 13.1. The molecule has 0 saturated carbocycles. The average molecular weight is 276 g/mol. The van der Waals surface area contributed by atoms with Crippen molar-refractivity contribution in [2.45, 2.75) is 13.5 Å². The Morgan fingerprint density at radius 2 is 1.65 bits per heavy atom. The second-order valence-corrected chi connectivity index (χ2v) is 5.02. The van der Waals surface area contributed by atoms with Crippen LogP contribution >= 0.6 is 0 Å². The second-order valence-electron chi connectivity index (χ2n) is 5.02. The molecule has 2 aromatic rings. The Bertz CT molecular complexity index is 589. The van der Waals surface area contributed by atoms with Gasteiger partial charge in [0.1, 0.15) is 11.6 Å². The van der Waals surface area contributed by atoms with Crippen molar-refractivity contribution in [3.63, 3.8) is 0 Å². The number of rotatable bonds is 4. The van der Waals surface area contributed by atoms with Crippen LogP contribution in [-0.4, -0.2) is 14.1 Å². The van der Waals surface area contributed by atoms with Gasteiger partial charge in [0.15, 0.2) is 0 Å². The molecule has 0 amide bonds. The fourth-order valence-electron chi connectivity index (χ4n) is 2.03. The minimum Gasteiger partial charge on any atom is -0.381 e. The number of halogens is 2. The van der Waals surface area contributed by atoms with Gasteiger partial charge in [-0.15, -0.1) is 0 Å². The fraction of sp³-hybridized carbons (Fsp3) is 0.250. The van der Waals surface area contributed by atoms with Crippen LogP contribution in [0.25, 0.3) is 0 Å². The maximum atomic E-state index is 13.1. The number of nitrogens with zero attached hydrogens (tertiary/aromatic N) is 1. The molecule has 0 atom stereocenters. The van der Waals surface area contributed by atoms with Crippen LogP contribution in [0.3, 0.4) is 0 Å². The predicted octanol–water partition coefficient (Wildman–Crippen LogP) is 3.95. The quantitative estimate of drug-likeness (QED) is 0.909. The fourth-order valence-corrected chi connectivity index (χ4v) is 2.03. The van der Waals surface area contributed by atoms with Crippen LogP contribution in [0.2, 0.25) is 0 Å². The molecule has 0 aliphatic carbocycles. The van der Waals surface area contributed by atoms with Crippen LogP contribution in [0.15, 0.2) is 36.4 Å². The van der Waals surface area contributed by atoms with Crippen molar-refractivity contribution in [2.75, 3.05) is 24.3 Å². The highest BCUT2D eigenvalue weighted by molar-refractivity contribution is 5.59. The third-order valence-electron chi connectivity index (χ3n) is 3.13. The lowest BCUT2D eigenvalue weighted by atomic mass is 10.1. The Hall–Kier alpha value is -2.10. The third-order valence-corrected chi connectivity index (χ3v) is 3.13. The largest absolute Gasteiger partial charge is 0.381 e. The molecule has 0 bridgehead atoms. The number of benzene rings is 2. The van der Waals surface area contributed by atoms with Crippen molar-refractivity contribution in [2.24, 2.45) is 0 Å². The van der Waals surface area contributed by atoms with Gasteiger partial charge in [0, 0.05) is 38.1 Å². The predicted molar refractivity (Wildman–Crippen MR) is 79.2 cm³/mol. The summed E-state index contributed by atoms with van der Waals surface area (Å²) in [4.78, 5) is 2.03. The van der Waals surface area contributed by atoms with E-state index in [0.717, 1.165) is 23.0 Å². The Morgan fingerprint density at radius 1 is 1.00 bits per heavy atom.